The summed E-state index contributed by atoms with van der Waals surface area (Å²) >= 11 is 7.48. The molecule has 1 unspecified atom stereocenters. The van der Waals surface area contributed by atoms with Crippen molar-refractivity contribution in [3.05, 3.63) is 57.0 Å². The molecule has 1 aromatic heterocycles. The molecule has 2 aromatic rings. The Bertz CT molecular complexity index is 499. The Morgan fingerprint density at radius 3 is 2.78 bits per heavy atom. The lowest BCUT2D eigenvalue weighted by Gasteiger charge is -2.16. The fourth-order valence-corrected chi connectivity index (χ4v) is 2.85. The number of hydrogen-bond donors (Lipinski definition) is 1. The third-order valence-electron chi connectivity index (χ3n) is 2.92. The zero-order valence-electron chi connectivity index (χ0n) is 10.1. The second kappa shape index (κ2) is 6.32. The summed E-state index contributed by atoms with van der Waals surface area (Å²) in [5.41, 5.74) is 0.704. The summed E-state index contributed by atoms with van der Waals surface area (Å²) in [7, 11) is 1.91. The van der Waals surface area contributed by atoms with Crippen molar-refractivity contribution < 1.29 is 4.39 Å². The van der Waals surface area contributed by atoms with Gasteiger partial charge in [0, 0.05) is 15.9 Å². The van der Waals surface area contributed by atoms with E-state index >= 15 is 0 Å². The largest absolute Gasteiger partial charge is 0.316 e. The Hall–Kier alpha value is -0.900. The van der Waals surface area contributed by atoms with Crippen molar-refractivity contribution in [3.8, 4) is 0 Å². The molecule has 0 amide bonds. The van der Waals surface area contributed by atoms with Crippen molar-refractivity contribution in [3.63, 3.8) is 0 Å². The third-order valence-corrected chi connectivity index (χ3v) is 4.05. The lowest BCUT2D eigenvalue weighted by molar-refractivity contribution is 0.535. The smallest absolute Gasteiger partial charge is 0.127 e. The van der Waals surface area contributed by atoms with E-state index < -0.39 is 0 Å². The molecule has 0 fully saturated rings. The summed E-state index contributed by atoms with van der Waals surface area (Å²) < 4.78 is 13.7. The second-order valence-corrected chi connectivity index (χ2v) is 5.68. The monoisotopic (exact) mass is 283 g/mol. The van der Waals surface area contributed by atoms with Gasteiger partial charge in [-0.1, -0.05) is 23.7 Å². The molecular formula is C14H15ClFNS. The molecular weight excluding hydrogens is 269 g/mol. The molecule has 0 bridgehead atoms. The number of hydrogen-bond acceptors (Lipinski definition) is 2. The molecule has 0 spiro atoms. The highest BCUT2D eigenvalue weighted by atomic mass is 35.5. The van der Waals surface area contributed by atoms with Gasteiger partial charge in [0.2, 0.25) is 0 Å². The lowest BCUT2D eigenvalue weighted by atomic mass is 10.0. The van der Waals surface area contributed by atoms with E-state index in [9.17, 15) is 4.39 Å². The van der Waals surface area contributed by atoms with Crippen LogP contribution in [0.25, 0.3) is 0 Å². The number of nitrogens with one attached hydrogen (secondary N) is 1. The van der Waals surface area contributed by atoms with Gasteiger partial charge in [-0.2, -0.15) is 0 Å². The van der Waals surface area contributed by atoms with Gasteiger partial charge in [-0.25, -0.2) is 4.39 Å². The predicted octanol–water partition coefficient (Wildman–Crippen LogP) is 3.91. The zero-order chi connectivity index (χ0) is 13.0. The van der Waals surface area contributed by atoms with Gasteiger partial charge in [-0.3, -0.25) is 0 Å². The number of thiophene rings is 1. The number of benzene rings is 1. The lowest BCUT2D eigenvalue weighted by Crippen LogP contribution is -2.29. The minimum absolute atomic E-state index is 0.228. The highest BCUT2D eigenvalue weighted by Gasteiger charge is 2.12. The third kappa shape index (κ3) is 3.55. The molecule has 1 aromatic carbocycles. The Labute approximate surface area is 116 Å². The first-order valence-corrected chi connectivity index (χ1v) is 7.08. The maximum atomic E-state index is 13.7. The molecule has 0 saturated carbocycles. The fraction of sp³-hybridized carbons (Fsp3) is 0.286. The summed E-state index contributed by atoms with van der Waals surface area (Å²) in [6.07, 6.45) is 1.58. The van der Waals surface area contributed by atoms with Crippen molar-refractivity contribution >= 4 is 22.9 Å². The molecule has 1 nitrogen and oxygen atoms in total. The molecule has 2 rings (SSSR count). The number of rotatable bonds is 5. The maximum Gasteiger partial charge on any atom is 0.127 e. The van der Waals surface area contributed by atoms with Crippen LogP contribution in [0.4, 0.5) is 4.39 Å². The van der Waals surface area contributed by atoms with Crippen LogP contribution in [0.1, 0.15) is 10.4 Å². The van der Waals surface area contributed by atoms with Gasteiger partial charge in [0.05, 0.1) is 0 Å². The molecule has 1 atom stereocenters. The molecule has 0 radical (unpaired) electrons. The average molecular weight is 284 g/mol. The van der Waals surface area contributed by atoms with Crippen molar-refractivity contribution in [2.45, 2.75) is 18.9 Å². The van der Waals surface area contributed by atoms with Gasteiger partial charge >= 0.3 is 0 Å². The minimum atomic E-state index is -0.228. The highest BCUT2D eigenvalue weighted by Crippen LogP contribution is 2.18. The first kappa shape index (κ1) is 13.5. The Kier molecular flexibility index (Phi) is 4.75. The summed E-state index contributed by atoms with van der Waals surface area (Å²) in [6, 6.07) is 9.24. The van der Waals surface area contributed by atoms with Gasteiger partial charge in [0.25, 0.3) is 0 Å². The van der Waals surface area contributed by atoms with Crippen LogP contribution in [0.5, 0.6) is 0 Å². The van der Waals surface area contributed by atoms with Crippen LogP contribution < -0.4 is 5.32 Å². The Morgan fingerprint density at radius 2 is 2.17 bits per heavy atom. The molecule has 0 aliphatic heterocycles. The normalized spacial score (nSPS) is 12.6. The number of likely N-dealkylation sites (N-methyl/N-ethyl adjacent to an activating group) is 1. The van der Waals surface area contributed by atoms with Crippen LogP contribution in [0.15, 0.2) is 35.7 Å². The van der Waals surface area contributed by atoms with E-state index in [0.717, 1.165) is 6.42 Å². The predicted molar refractivity (Wildman–Crippen MR) is 76.0 cm³/mol. The van der Waals surface area contributed by atoms with Crippen molar-refractivity contribution in [1.29, 1.82) is 0 Å². The molecule has 0 aliphatic carbocycles. The Morgan fingerprint density at radius 1 is 1.33 bits per heavy atom. The molecule has 0 saturated heterocycles. The van der Waals surface area contributed by atoms with Crippen LogP contribution >= 0.6 is 22.9 Å². The van der Waals surface area contributed by atoms with E-state index in [1.165, 1.54) is 10.9 Å². The van der Waals surface area contributed by atoms with Gasteiger partial charge in [0.1, 0.15) is 5.82 Å². The van der Waals surface area contributed by atoms with Crippen LogP contribution in [0.3, 0.4) is 0 Å². The molecule has 18 heavy (non-hydrogen) atoms. The summed E-state index contributed by atoms with van der Waals surface area (Å²) in [4.78, 5) is 1.31. The minimum Gasteiger partial charge on any atom is -0.316 e. The van der Waals surface area contributed by atoms with Gasteiger partial charge in [0.15, 0.2) is 0 Å². The topological polar surface area (TPSA) is 12.0 Å². The SMILES string of the molecule is CNC(Cc1cccs1)Cc1ccc(Cl)cc1F. The van der Waals surface area contributed by atoms with Crippen molar-refractivity contribution in [1.82, 2.24) is 5.32 Å². The van der Waals surface area contributed by atoms with E-state index in [1.807, 2.05) is 13.1 Å². The van der Waals surface area contributed by atoms with E-state index in [4.69, 9.17) is 11.6 Å². The molecule has 1 heterocycles. The van der Waals surface area contributed by atoms with E-state index in [-0.39, 0.29) is 11.9 Å². The first-order valence-electron chi connectivity index (χ1n) is 5.82. The molecule has 1 N–H and O–H groups in total. The van der Waals surface area contributed by atoms with Crippen molar-refractivity contribution in [2.75, 3.05) is 7.05 Å². The second-order valence-electron chi connectivity index (χ2n) is 4.21. The highest BCUT2D eigenvalue weighted by molar-refractivity contribution is 7.09. The number of halogens is 2. The van der Waals surface area contributed by atoms with Gasteiger partial charge < -0.3 is 5.32 Å². The summed E-state index contributed by atoms with van der Waals surface area (Å²) in [6.45, 7) is 0. The first-order chi connectivity index (χ1) is 8.69. The van der Waals surface area contributed by atoms with E-state index in [0.29, 0.717) is 17.0 Å². The van der Waals surface area contributed by atoms with Gasteiger partial charge in [-0.15, -0.1) is 11.3 Å². The van der Waals surface area contributed by atoms with Crippen LogP contribution in [-0.2, 0) is 12.8 Å². The van der Waals surface area contributed by atoms with Gasteiger partial charge in [-0.05, 0) is 49.0 Å². The standard InChI is InChI=1S/C14H15ClFNS/c1-17-12(9-13-3-2-6-18-13)7-10-4-5-11(15)8-14(10)16/h2-6,8,12,17H,7,9H2,1H3. The molecule has 0 aliphatic rings. The van der Waals surface area contributed by atoms with E-state index in [2.05, 4.69) is 16.8 Å². The quantitative estimate of drug-likeness (QED) is 0.877. The molecule has 96 valence electrons. The van der Waals surface area contributed by atoms with Crippen LogP contribution in [-0.4, -0.2) is 13.1 Å². The van der Waals surface area contributed by atoms with Crippen LogP contribution in [0.2, 0.25) is 5.02 Å². The summed E-state index contributed by atoms with van der Waals surface area (Å²) in [5, 5.41) is 5.74. The fourth-order valence-electron chi connectivity index (χ4n) is 1.90. The average Bonchev–Trinajstić information content (AvgIpc) is 2.84. The molecule has 4 heteroatoms. The zero-order valence-corrected chi connectivity index (χ0v) is 11.7. The maximum absolute atomic E-state index is 13.7. The van der Waals surface area contributed by atoms with E-state index in [1.54, 1.807) is 23.5 Å². The Balaban J connectivity index is 2.05. The summed E-state index contributed by atoms with van der Waals surface area (Å²) in [5.74, 6) is -0.228. The van der Waals surface area contributed by atoms with Crippen molar-refractivity contribution in [2.24, 2.45) is 0 Å². The van der Waals surface area contributed by atoms with Crippen LogP contribution in [0, 0.1) is 5.82 Å².